The molecule has 1 N–H and O–H groups in total. The molecule has 0 aromatic heterocycles. The molecule has 1 saturated heterocycles. The van der Waals surface area contributed by atoms with E-state index in [4.69, 9.17) is 9.47 Å². The first-order valence-corrected chi connectivity index (χ1v) is 10.8. The second-order valence-corrected chi connectivity index (χ2v) is 8.45. The highest BCUT2D eigenvalue weighted by atomic mass is 19.1. The number of halogens is 1. The van der Waals surface area contributed by atoms with Gasteiger partial charge in [-0.25, -0.2) is 9.18 Å². The van der Waals surface area contributed by atoms with Gasteiger partial charge in [-0.05, 0) is 65.5 Å². The standard InChI is InChI=1S/C26H23FN2O4/c1-29-20(15-32-26(29)31)12-16-2-6-21(7-3-16)33-24-9-5-18(13-22(24)27)10-17-4-8-23-19(11-17)14-25(30)28-23/h2-10,13,20H,11-12,14-15H2,1H3,(H,28,30). The Hall–Kier alpha value is -3.87. The van der Waals surface area contributed by atoms with Crippen LogP contribution in [0.4, 0.5) is 9.18 Å². The maximum atomic E-state index is 14.7. The second kappa shape index (κ2) is 8.58. The van der Waals surface area contributed by atoms with Crippen LogP contribution in [0.1, 0.15) is 24.0 Å². The Balaban J connectivity index is 1.23. The highest BCUT2D eigenvalue weighted by Crippen LogP contribution is 2.31. The lowest BCUT2D eigenvalue weighted by atomic mass is 9.96. The Bertz CT molecular complexity index is 1210. The second-order valence-electron chi connectivity index (χ2n) is 8.45. The van der Waals surface area contributed by atoms with Crippen molar-refractivity contribution in [1.29, 1.82) is 0 Å². The number of ether oxygens (including phenoxy) is 2. The minimum absolute atomic E-state index is 0.00989. The van der Waals surface area contributed by atoms with Gasteiger partial charge in [-0.1, -0.05) is 30.4 Å². The van der Waals surface area contributed by atoms with E-state index in [9.17, 15) is 14.0 Å². The molecule has 5 rings (SSSR count). The van der Waals surface area contributed by atoms with Crippen molar-refractivity contribution in [3.8, 4) is 11.5 Å². The molecule has 1 aliphatic carbocycles. The predicted molar refractivity (Wildman–Crippen MR) is 121 cm³/mol. The maximum Gasteiger partial charge on any atom is 0.409 e. The number of amides is 2. The van der Waals surface area contributed by atoms with Crippen molar-refractivity contribution in [3.63, 3.8) is 0 Å². The third-order valence-electron chi connectivity index (χ3n) is 6.08. The molecule has 2 aromatic carbocycles. The van der Waals surface area contributed by atoms with E-state index in [1.807, 2.05) is 36.4 Å². The van der Waals surface area contributed by atoms with Crippen molar-refractivity contribution in [3.05, 3.63) is 88.4 Å². The zero-order valence-corrected chi connectivity index (χ0v) is 18.1. The molecule has 1 atom stereocenters. The lowest BCUT2D eigenvalue weighted by Gasteiger charge is -2.16. The molecule has 2 heterocycles. The summed E-state index contributed by atoms with van der Waals surface area (Å²) < 4.78 is 25.5. The third-order valence-corrected chi connectivity index (χ3v) is 6.08. The van der Waals surface area contributed by atoms with Gasteiger partial charge in [0.15, 0.2) is 11.6 Å². The first kappa shape index (κ1) is 21.0. The van der Waals surface area contributed by atoms with Crippen LogP contribution >= 0.6 is 0 Å². The summed E-state index contributed by atoms with van der Waals surface area (Å²) in [4.78, 5) is 24.6. The summed E-state index contributed by atoms with van der Waals surface area (Å²) in [7, 11) is 1.73. The van der Waals surface area contributed by atoms with Crippen LogP contribution in [0.25, 0.3) is 6.08 Å². The quantitative estimate of drug-likeness (QED) is 0.721. The monoisotopic (exact) mass is 446 g/mol. The van der Waals surface area contributed by atoms with E-state index in [2.05, 4.69) is 5.32 Å². The Morgan fingerprint density at radius 2 is 1.97 bits per heavy atom. The van der Waals surface area contributed by atoms with Gasteiger partial charge < -0.3 is 19.7 Å². The number of likely N-dealkylation sites (N-methyl/N-ethyl adjacent to an activating group) is 1. The van der Waals surface area contributed by atoms with Crippen molar-refractivity contribution in [2.75, 3.05) is 13.7 Å². The largest absolute Gasteiger partial charge is 0.454 e. The van der Waals surface area contributed by atoms with E-state index in [0.717, 1.165) is 28.0 Å². The van der Waals surface area contributed by atoms with Crippen molar-refractivity contribution in [2.45, 2.75) is 25.3 Å². The van der Waals surface area contributed by atoms with Crippen LogP contribution in [-0.4, -0.2) is 36.6 Å². The molecule has 2 aromatic rings. The third kappa shape index (κ3) is 4.53. The van der Waals surface area contributed by atoms with E-state index in [-0.39, 0.29) is 23.8 Å². The topological polar surface area (TPSA) is 67.9 Å². The Morgan fingerprint density at radius 3 is 2.70 bits per heavy atom. The smallest absolute Gasteiger partial charge is 0.409 e. The number of carbonyl (C=O) groups excluding carboxylic acids is 2. The zero-order chi connectivity index (χ0) is 22.9. The minimum Gasteiger partial charge on any atom is -0.454 e. The van der Waals surface area contributed by atoms with Gasteiger partial charge in [-0.3, -0.25) is 4.79 Å². The minimum atomic E-state index is -0.450. The molecule has 1 fully saturated rings. The molecule has 2 aliphatic heterocycles. The Kier molecular flexibility index (Phi) is 5.46. The SMILES string of the molecule is CN1C(=O)OCC1Cc1ccc(Oc2ccc(C=C3C=CC4=C(CC(=O)N4)C3)cc2F)cc1. The molecule has 0 bridgehead atoms. The van der Waals surface area contributed by atoms with Crippen molar-refractivity contribution < 1.29 is 23.5 Å². The Morgan fingerprint density at radius 1 is 1.15 bits per heavy atom. The molecular weight excluding hydrogens is 423 g/mol. The molecule has 6 nitrogen and oxygen atoms in total. The van der Waals surface area contributed by atoms with E-state index in [1.54, 1.807) is 30.1 Å². The number of allylic oxidation sites excluding steroid dienone is 3. The number of hydrogen-bond acceptors (Lipinski definition) is 4. The van der Waals surface area contributed by atoms with E-state index < -0.39 is 5.82 Å². The summed E-state index contributed by atoms with van der Waals surface area (Å²) in [6.45, 7) is 0.380. The molecule has 1 unspecified atom stereocenters. The first-order valence-electron chi connectivity index (χ1n) is 10.8. The molecule has 168 valence electrons. The van der Waals surface area contributed by atoms with Crippen LogP contribution < -0.4 is 10.1 Å². The first-order chi connectivity index (χ1) is 15.9. The number of cyclic esters (lactones) is 1. The van der Waals surface area contributed by atoms with Gasteiger partial charge in [0.25, 0.3) is 0 Å². The fourth-order valence-corrected chi connectivity index (χ4v) is 4.21. The zero-order valence-electron chi connectivity index (χ0n) is 18.1. The summed E-state index contributed by atoms with van der Waals surface area (Å²) in [5, 5.41) is 2.83. The summed E-state index contributed by atoms with van der Waals surface area (Å²) in [5.41, 5.74) is 4.74. The maximum absolute atomic E-state index is 14.7. The van der Waals surface area contributed by atoms with Gasteiger partial charge in [0, 0.05) is 12.7 Å². The summed E-state index contributed by atoms with van der Waals surface area (Å²) in [6.07, 6.45) is 7.22. The predicted octanol–water partition coefficient (Wildman–Crippen LogP) is 4.73. The highest BCUT2D eigenvalue weighted by Gasteiger charge is 2.29. The number of benzene rings is 2. The van der Waals surface area contributed by atoms with Crippen LogP contribution in [0, 0.1) is 5.82 Å². The van der Waals surface area contributed by atoms with E-state index >= 15 is 0 Å². The summed E-state index contributed by atoms with van der Waals surface area (Å²) >= 11 is 0. The molecule has 3 aliphatic rings. The van der Waals surface area contributed by atoms with Gasteiger partial charge in [0.05, 0.1) is 12.5 Å². The molecule has 2 amide bonds. The van der Waals surface area contributed by atoms with Gasteiger partial charge >= 0.3 is 6.09 Å². The molecule has 0 radical (unpaired) electrons. The highest BCUT2D eigenvalue weighted by molar-refractivity contribution is 5.86. The van der Waals surface area contributed by atoms with Crippen molar-refractivity contribution >= 4 is 18.1 Å². The van der Waals surface area contributed by atoms with Crippen LogP contribution in [0.2, 0.25) is 0 Å². The molecule has 7 heteroatoms. The van der Waals surface area contributed by atoms with Crippen molar-refractivity contribution in [1.82, 2.24) is 10.2 Å². The normalized spacial score (nSPS) is 20.8. The number of nitrogens with one attached hydrogen (secondary N) is 1. The van der Waals surface area contributed by atoms with Crippen LogP contribution in [0.5, 0.6) is 11.5 Å². The van der Waals surface area contributed by atoms with Crippen LogP contribution in [-0.2, 0) is 16.0 Å². The fraction of sp³-hybridized carbons (Fsp3) is 0.231. The average Bonchev–Trinajstić information content (AvgIpc) is 3.32. The molecule has 0 spiro atoms. The summed E-state index contributed by atoms with van der Waals surface area (Å²) in [5.74, 6) is 0.244. The number of hydrogen-bond donors (Lipinski definition) is 1. The summed E-state index contributed by atoms with van der Waals surface area (Å²) in [6, 6.07) is 12.3. The number of carbonyl (C=O) groups is 2. The average molecular weight is 446 g/mol. The molecular formula is C26H23FN2O4. The molecule has 33 heavy (non-hydrogen) atoms. The number of nitrogens with zero attached hydrogens (tertiary/aromatic N) is 1. The Labute approximate surface area is 191 Å². The number of rotatable bonds is 5. The fourth-order valence-electron chi connectivity index (χ4n) is 4.21. The van der Waals surface area contributed by atoms with Gasteiger partial charge in [0.1, 0.15) is 12.4 Å². The van der Waals surface area contributed by atoms with Gasteiger partial charge in [-0.15, -0.1) is 0 Å². The van der Waals surface area contributed by atoms with Crippen LogP contribution in [0.15, 0.2) is 71.5 Å². The lowest BCUT2D eigenvalue weighted by Crippen LogP contribution is -2.30. The van der Waals surface area contributed by atoms with Crippen LogP contribution in [0.3, 0.4) is 0 Å². The van der Waals surface area contributed by atoms with E-state index in [1.165, 1.54) is 6.07 Å². The van der Waals surface area contributed by atoms with Gasteiger partial charge in [-0.2, -0.15) is 0 Å². The lowest BCUT2D eigenvalue weighted by molar-refractivity contribution is -0.118. The molecule has 0 saturated carbocycles. The van der Waals surface area contributed by atoms with Gasteiger partial charge in [0.2, 0.25) is 5.91 Å². The van der Waals surface area contributed by atoms with E-state index in [0.29, 0.717) is 31.6 Å². The van der Waals surface area contributed by atoms with Crippen molar-refractivity contribution in [2.24, 2.45) is 0 Å².